The normalized spacial score (nSPS) is 18.6. The van der Waals surface area contributed by atoms with Gasteiger partial charge in [-0.25, -0.2) is 8.42 Å². The molecule has 0 bridgehead atoms. The van der Waals surface area contributed by atoms with Crippen molar-refractivity contribution in [3.05, 3.63) is 29.3 Å². The van der Waals surface area contributed by atoms with Crippen LogP contribution in [0.1, 0.15) is 31.9 Å². The van der Waals surface area contributed by atoms with Crippen LogP contribution in [-0.2, 0) is 22.9 Å². The van der Waals surface area contributed by atoms with Crippen molar-refractivity contribution in [3.8, 4) is 0 Å². The minimum absolute atomic E-state index is 0.0176. The zero-order valence-corrected chi connectivity index (χ0v) is 13.5. The molecule has 0 saturated heterocycles. The van der Waals surface area contributed by atoms with Crippen molar-refractivity contribution >= 4 is 15.7 Å². The molecule has 0 radical (unpaired) electrons. The summed E-state index contributed by atoms with van der Waals surface area (Å²) in [5, 5.41) is 3.40. The van der Waals surface area contributed by atoms with Gasteiger partial charge in [0.05, 0.1) is 11.9 Å². The van der Waals surface area contributed by atoms with Gasteiger partial charge in [-0.15, -0.1) is 0 Å². The molecule has 0 saturated carbocycles. The topological polar surface area (TPSA) is 49.4 Å². The fourth-order valence-electron chi connectivity index (χ4n) is 2.82. The van der Waals surface area contributed by atoms with Gasteiger partial charge in [-0.3, -0.25) is 4.31 Å². The van der Waals surface area contributed by atoms with Crippen LogP contribution in [-0.4, -0.2) is 33.3 Å². The maximum Gasteiger partial charge on any atom is 0.232 e. The monoisotopic (exact) mass is 296 g/mol. The second-order valence-corrected chi connectivity index (χ2v) is 7.79. The van der Waals surface area contributed by atoms with Crippen LogP contribution in [0.25, 0.3) is 0 Å². The second kappa shape index (κ2) is 5.74. The van der Waals surface area contributed by atoms with Crippen LogP contribution in [0.3, 0.4) is 0 Å². The van der Waals surface area contributed by atoms with Crippen molar-refractivity contribution in [2.75, 3.05) is 17.1 Å². The van der Waals surface area contributed by atoms with Crippen molar-refractivity contribution < 1.29 is 8.42 Å². The average Bonchev–Trinajstić information content (AvgIpc) is 2.63. The molecule has 0 aliphatic carbocycles. The maximum atomic E-state index is 11.9. The van der Waals surface area contributed by atoms with Crippen LogP contribution in [0, 0.1) is 0 Å². The Morgan fingerprint density at radius 2 is 2.10 bits per heavy atom. The van der Waals surface area contributed by atoms with Crippen LogP contribution in [0.5, 0.6) is 0 Å². The molecule has 0 spiro atoms. The lowest BCUT2D eigenvalue weighted by molar-refractivity contribution is 0.590. The quantitative estimate of drug-likeness (QED) is 0.903. The van der Waals surface area contributed by atoms with Crippen LogP contribution < -0.4 is 9.62 Å². The highest BCUT2D eigenvalue weighted by atomic mass is 32.2. The van der Waals surface area contributed by atoms with Crippen molar-refractivity contribution in [3.63, 3.8) is 0 Å². The number of hydrogen-bond donors (Lipinski definition) is 1. The molecule has 1 heterocycles. The first-order valence-corrected chi connectivity index (χ1v) is 8.98. The largest absolute Gasteiger partial charge is 0.314 e. The van der Waals surface area contributed by atoms with Crippen LogP contribution in [0.15, 0.2) is 18.2 Å². The number of nitrogens with one attached hydrogen (secondary N) is 1. The number of nitrogens with zero attached hydrogens (tertiary/aromatic N) is 1. The molecule has 1 aromatic rings. The van der Waals surface area contributed by atoms with Crippen LogP contribution in [0.4, 0.5) is 5.69 Å². The van der Waals surface area contributed by atoms with Gasteiger partial charge >= 0.3 is 0 Å². The molecule has 1 N–H and O–H groups in total. The number of rotatable bonds is 5. The first-order chi connectivity index (χ1) is 9.29. The second-order valence-electron chi connectivity index (χ2n) is 5.93. The van der Waals surface area contributed by atoms with Crippen molar-refractivity contribution in [1.29, 1.82) is 0 Å². The number of sulfonamides is 1. The first-order valence-electron chi connectivity index (χ1n) is 7.13. The maximum absolute atomic E-state index is 11.9. The Kier molecular flexibility index (Phi) is 4.39. The van der Waals surface area contributed by atoms with E-state index in [4.69, 9.17) is 0 Å². The smallest absolute Gasteiger partial charge is 0.232 e. The molecule has 1 unspecified atom stereocenters. The Morgan fingerprint density at radius 3 is 2.70 bits per heavy atom. The van der Waals surface area contributed by atoms with E-state index in [0.717, 1.165) is 30.6 Å². The summed E-state index contributed by atoms with van der Waals surface area (Å²) in [4.78, 5) is 0. The third kappa shape index (κ3) is 3.33. The Bertz CT molecular complexity index is 582. The van der Waals surface area contributed by atoms with Gasteiger partial charge < -0.3 is 5.32 Å². The molecular weight excluding hydrogens is 272 g/mol. The lowest BCUT2D eigenvalue weighted by atomic mass is 10.0. The third-order valence-electron chi connectivity index (χ3n) is 3.62. The standard InChI is InChI=1S/C15H24N2O2S/c1-11(2)16-8-7-13-5-6-15-14(10-13)9-12(3)17(15)20(4,18)19/h5-6,10-12,16H,7-9H2,1-4H3. The molecule has 0 amide bonds. The fourth-order valence-corrected chi connectivity index (χ4v) is 4.09. The zero-order chi connectivity index (χ0) is 14.9. The highest BCUT2D eigenvalue weighted by Gasteiger charge is 2.32. The molecule has 112 valence electrons. The van der Waals surface area contributed by atoms with Gasteiger partial charge in [-0.1, -0.05) is 26.0 Å². The van der Waals surface area contributed by atoms with Crippen molar-refractivity contribution in [1.82, 2.24) is 5.32 Å². The van der Waals surface area contributed by atoms with E-state index in [2.05, 4.69) is 25.2 Å². The molecule has 1 aliphatic rings. The van der Waals surface area contributed by atoms with E-state index in [9.17, 15) is 8.42 Å². The van der Waals surface area contributed by atoms with Crippen LogP contribution >= 0.6 is 0 Å². The Balaban J connectivity index is 2.16. The molecule has 0 aromatic heterocycles. The lowest BCUT2D eigenvalue weighted by Gasteiger charge is -2.22. The van der Waals surface area contributed by atoms with Gasteiger partial charge in [0, 0.05) is 12.1 Å². The summed E-state index contributed by atoms with van der Waals surface area (Å²) < 4.78 is 25.2. The van der Waals surface area contributed by atoms with Gasteiger partial charge in [-0.2, -0.15) is 0 Å². The Morgan fingerprint density at radius 1 is 1.40 bits per heavy atom. The van der Waals surface area contributed by atoms with E-state index < -0.39 is 10.0 Å². The van der Waals surface area contributed by atoms with E-state index in [1.54, 1.807) is 4.31 Å². The minimum atomic E-state index is -3.19. The first kappa shape index (κ1) is 15.3. The molecule has 1 aliphatic heterocycles. The van der Waals surface area contributed by atoms with E-state index in [1.807, 2.05) is 19.1 Å². The van der Waals surface area contributed by atoms with Gasteiger partial charge in [-0.05, 0) is 43.5 Å². The number of hydrogen-bond acceptors (Lipinski definition) is 3. The highest BCUT2D eigenvalue weighted by molar-refractivity contribution is 7.92. The third-order valence-corrected chi connectivity index (χ3v) is 4.89. The summed E-state index contributed by atoms with van der Waals surface area (Å²) in [5.41, 5.74) is 3.25. The number of anilines is 1. The van der Waals surface area contributed by atoms with Crippen molar-refractivity contribution in [2.45, 2.75) is 45.7 Å². The SMILES string of the molecule is CC(C)NCCc1ccc2c(c1)CC(C)N2S(C)(=O)=O. The van der Waals surface area contributed by atoms with Crippen LogP contribution in [0.2, 0.25) is 0 Å². The molecule has 4 nitrogen and oxygen atoms in total. The minimum Gasteiger partial charge on any atom is -0.314 e. The van der Waals surface area contributed by atoms with Gasteiger partial charge in [0.25, 0.3) is 0 Å². The highest BCUT2D eigenvalue weighted by Crippen LogP contribution is 2.34. The molecule has 0 fully saturated rings. The summed E-state index contributed by atoms with van der Waals surface area (Å²) in [6.07, 6.45) is 3.05. The molecule has 2 rings (SSSR count). The predicted octanol–water partition coefficient (Wildman–Crippen LogP) is 1.94. The molecule has 20 heavy (non-hydrogen) atoms. The zero-order valence-electron chi connectivity index (χ0n) is 12.7. The molecule has 1 aromatic carbocycles. The Labute approximate surface area is 122 Å². The Hall–Kier alpha value is -1.07. The van der Waals surface area contributed by atoms with Gasteiger partial charge in [0.1, 0.15) is 0 Å². The molecular formula is C15H24N2O2S. The predicted molar refractivity (Wildman–Crippen MR) is 83.8 cm³/mol. The van der Waals surface area contributed by atoms with E-state index in [1.165, 1.54) is 11.8 Å². The molecule has 5 heteroatoms. The summed E-state index contributed by atoms with van der Waals surface area (Å²) in [7, 11) is -3.19. The van der Waals surface area contributed by atoms with Gasteiger partial charge in [0.15, 0.2) is 0 Å². The average molecular weight is 296 g/mol. The summed E-state index contributed by atoms with van der Waals surface area (Å²) >= 11 is 0. The van der Waals surface area contributed by atoms with Gasteiger partial charge in [0.2, 0.25) is 10.0 Å². The summed E-state index contributed by atoms with van der Waals surface area (Å²) in [6.45, 7) is 7.17. The van der Waals surface area contributed by atoms with Crippen molar-refractivity contribution in [2.24, 2.45) is 0 Å². The number of fused-ring (bicyclic) bond motifs is 1. The summed E-state index contributed by atoms with van der Waals surface area (Å²) in [5.74, 6) is 0. The lowest BCUT2D eigenvalue weighted by Crippen LogP contribution is -2.34. The number of benzene rings is 1. The molecule has 1 atom stereocenters. The summed E-state index contributed by atoms with van der Waals surface area (Å²) in [6, 6.07) is 6.65. The fraction of sp³-hybridized carbons (Fsp3) is 0.600. The van der Waals surface area contributed by atoms with E-state index in [-0.39, 0.29) is 6.04 Å². The van der Waals surface area contributed by atoms with E-state index >= 15 is 0 Å². The van der Waals surface area contributed by atoms with E-state index in [0.29, 0.717) is 6.04 Å².